The van der Waals surface area contributed by atoms with Gasteiger partial charge in [0.25, 0.3) is 0 Å². The lowest BCUT2D eigenvalue weighted by molar-refractivity contribution is 0.104. The van der Waals surface area contributed by atoms with Crippen molar-refractivity contribution in [3.63, 3.8) is 0 Å². The number of hydrogen-bond donors (Lipinski definition) is 1. The molecule has 2 aliphatic rings. The summed E-state index contributed by atoms with van der Waals surface area (Å²) in [5, 5.41) is 3.71. The maximum Gasteiger partial charge on any atom is 0.0218 e. The average Bonchev–Trinajstić information content (AvgIpc) is 2.94. The molecule has 0 radical (unpaired) electrons. The predicted molar refractivity (Wildman–Crippen MR) is 69.6 cm³/mol. The van der Waals surface area contributed by atoms with Crippen LogP contribution in [0, 0.1) is 17.8 Å². The highest BCUT2D eigenvalue weighted by Gasteiger charge is 2.37. The van der Waals surface area contributed by atoms with Crippen LogP contribution >= 0.6 is 0 Å². The van der Waals surface area contributed by atoms with Crippen molar-refractivity contribution in [3.05, 3.63) is 0 Å². The molecule has 94 valence electrons. The van der Waals surface area contributed by atoms with Gasteiger partial charge in [-0.15, -0.1) is 0 Å². The van der Waals surface area contributed by atoms with E-state index < -0.39 is 0 Å². The summed E-state index contributed by atoms with van der Waals surface area (Å²) in [5.41, 5.74) is 0. The fourth-order valence-corrected chi connectivity index (χ4v) is 2.91. The molecule has 0 aromatic carbocycles. The van der Waals surface area contributed by atoms with E-state index in [1.54, 1.807) is 0 Å². The molecule has 0 amide bonds. The van der Waals surface area contributed by atoms with E-state index in [9.17, 15) is 0 Å². The summed E-state index contributed by atoms with van der Waals surface area (Å²) in [4.78, 5) is 2.76. The van der Waals surface area contributed by atoms with Crippen LogP contribution < -0.4 is 5.32 Å². The molecule has 2 fully saturated rings. The van der Waals surface area contributed by atoms with Gasteiger partial charge in [-0.3, -0.25) is 4.90 Å². The number of rotatable bonds is 4. The van der Waals surface area contributed by atoms with E-state index in [1.165, 1.54) is 32.5 Å². The SMILES string of the molecule is CCC1CNC(C(C)C)CN1CC1CC1C. The fourth-order valence-electron chi connectivity index (χ4n) is 2.91. The van der Waals surface area contributed by atoms with Crippen LogP contribution in [-0.4, -0.2) is 36.6 Å². The van der Waals surface area contributed by atoms with Crippen LogP contribution in [0.2, 0.25) is 0 Å². The van der Waals surface area contributed by atoms with Gasteiger partial charge in [0, 0.05) is 31.7 Å². The Bertz CT molecular complexity index is 227. The lowest BCUT2D eigenvalue weighted by Crippen LogP contribution is -2.58. The van der Waals surface area contributed by atoms with Crippen molar-refractivity contribution in [1.29, 1.82) is 0 Å². The fraction of sp³-hybridized carbons (Fsp3) is 1.00. The third-order valence-electron chi connectivity index (χ3n) is 4.58. The Morgan fingerprint density at radius 1 is 1.38 bits per heavy atom. The monoisotopic (exact) mass is 224 g/mol. The van der Waals surface area contributed by atoms with Crippen LogP contribution in [0.1, 0.15) is 40.5 Å². The van der Waals surface area contributed by atoms with Crippen LogP contribution in [-0.2, 0) is 0 Å². The van der Waals surface area contributed by atoms with E-state index in [0.29, 0.717) is 6.04 Å². The summed E-state index contributed by atoms with van der Waals surface area (Å²) < 4.78 is 0. The normalized spacial score (nSPS) is 40.3. The largest absolute Gasteiger partial charge is 0.311 e. The minimum absolute atomic E-state index is 0.705. The molecule has 1 saturated heterocycles. The zero-order valence-electron chi connectivity index (χ0n) is 11.4. The van der Waals surface area contributed by atoms with Gasteiger partial charge < -0.3 is 5.32 Å². The van der Waals surface area contributed by atoms with Crippen molar-refractivity contribution < 1.29 is 0 Å². The molecular formula is C14H28N2. The maximum atomic E-state index is 3.71. The third kappa shape index (κ3) is 2.78. The Morgan fingerprint density at radius 2 is 2.06 bits per heavy atom. The highest BCUT2D eigenvalue weighted by molar-refractivity contribution is 4.92. The van der Waals surface area contributed by atoms with Crippen LogP contribution in [0.15, 0.2) is 0 Å². The van der Waals surface area contributed by atoms with Crippen molar-refractivity contribution in [1.82, 2.24) is 10.2 Å². The molecule has 0 aromatic heterocycles. The van der Waals surface area contributed by atoms with Gasteiger partial charge in [-0.25, -0.2) is 0 Å². The van der Waals surface area contributed by atoms with Crippen molar-refractivity contribution in [2.45, 2.75) is 52.6 Å². The first-order chi connectivity index (χ1) is 7.61. The van der Waals surface area contributed by atoms with E-state index in [2.05, 4.69) is 37.9 Å². The summed E-state index contributed by atoms with van der Waals surface area (Å²) in [7, 11) is 0. The van der Waals surface area contributed by atoms with Gasteiger partial charge in [0.05, 0.1) is 0 Å². The maximum absolute atomic E-state index is 3.71. The van der Waals surface area contributed by atoms with Crippen LogP contribution in [0.25, 0.3) is 0 Å². The van der Waals surface area contributed by atoms with Gasteiger partial charge in [0.15, 0.2) is 0 Å². The second kappa shape index (κ2) is 5.05. The standard InChI is InChI=1S/C14H28N2/c1-5-13-7-15-14(10(2)3)9-16(13)8-12-6-11(12)4/h10-15H,5-9H2,1-4H3. The molecule has 2 heteroatoms. The number of hydrogen-bond acceptors (Lipinski definition) is 2. The molecule has 1 aliphatic carbocycles. The van der Waals surface area contributed by atoms with Crippen molar-refractivity contribution in [2.24, 2.45) is 17.8 Å². The smallest absolute Gasteiger partial charge is 0.0218 e. The lowest BCUT2D eigenvalue weighted by Gasteiger charge is -2.41. The Balaban J connectivity index is 1.88. The summed E-state index contributed by atoms with van der Waals surface area (Å²) in [6.07, 6.45) is 2.76. The summed E-state index contributed by atoms with van der Waals surface area (Å²) in [6.45, 7) is 13.2. The van der Waals surface area contributed by atoms with Gasteiger partial charge >= 0.3 is 0 Å². The minimum atomic E-state index is 0.705. The van der Waals surface area contributed by atoms with Crippen molar-refractivity contribution in [2.75, 3.05) is 19.6 Å². The van der Waals surface area contributed by atoms with Gasteiger partial charge in [-0.2, -0.15) is 0 Å². The second-order valence-electron chi connectivity index (χ2n) is 6.25. The molecular weight excluding hydrogens is 196 g/mol. The Morgan fingerprint density at radius 3 is 2.56 bits per heavy atom. The quantitative estimate of drug-likeness (QED) is 0.788. The highest BCUT2D eigenvalue weighted by Crippen LogP contribution is 2.39. The molecule has 16 heavy (non-hydrogen) atoms. The van der Waals surface area contributed by atoms with Gasteiger partial charge in [0.2, 0.25) is 0 Å². The Hall–Kier alpha value is -0.0800. The number of nitrogens with zero attached hydrogens (tertiary/aromatic N) is 1. The second-order valence-corrected chi connectivity index (χ2v) is 6.25. The van der Waals surface area contributed by atoms with E-state index in [1.807, 2.05) is 0 Å². The molecule has 4 atom stereocenters. The van der Waals surface area contributed by atoms with Crippen LogP contribution in [0.3, 0.4) is 0 Å². The summed E-state index contributed by atoms with van der Waals surface area (Å²) in [6, 6.07) is 1.49. The van der Waals surface area contributed by atoms with E-state index in [4.69, 9.17) is 0 Å². The molecule has 1 saturated carbocycles. The first kappa shape index (κ1) is 12.4. The third-order valence-corrected chi connectivity index (χ3v) is 4.58. The average molecular weight is 224 g/mol. The van der Waals surface area contributed by atoms with Crippen molar-refractivity contribution >= 4 is 0 Å². The Kier molecular flexibility index (Phi) is 3.91. The number of piperazine rings is 1. The predicted octanol–water partition coefficient (Wildman–Crippen LogP) is 2.35. The molecule has 0 bridgehead atoms. The Labute approximate surface area is 101 Å². The molecule has 0 spiro atoms. The van der Waals surface area contributed by atoms with Gasteiger partial charge in [-0.1, -0.05) is 27.7 Å². The van der Waals surface area contributed by atoms with Crippen molar-refractivity contribution in [3.8, 4) is 0 Å². The molecule has 2 rings (SSSR count). The summed E-state index contributed by atoms with van der Waals surface area (Å²) >= 11 is 0. The van der Waals surface area contributed by atoms with Crippen LogP contribution in [0.5, 0.6) is 0 Å². The van der Waals surface area contributed by atoms with Gasteiger partial charge in [-0.05, 0) is 30.6 Å². The lowest BCUT2D eigenvalue weighted by atomic mass is 9.98. The van der Waals surface area contributed by atoms with Crippen LogP contribution in [0.4, 0.5) is 0 Å². The molecule has 1 aliphatic heterocycles. The number of nitrogens with one attached hydrogen (secondary N) is 1. The topological polar surface area (TPSA) is 15.3 Å². The first-order valence-electron chi connectivity index (χ1n) is 7.09. The summed E-state index contributed by atoms with van der Waals surface area (Å²) in [5.74, 6) is 2.75. The van der Waals surface area contributed by atoms with E-state index in [-0.39, 0.29) is 0 Å². The van der Waals surface area contributed by atoms with E-state index >= 15 is 0 Å². The zero-order valence-corrected chi connectivity index (χ0v) is 11.4. The molecule has 0 aromatic rings. The van der Waals surface area contributed by atoms with E-state index in [0.717, 1.165) is 23.8 Å². The highest BCUT2D eigenvalue weighted by atomic mass is 15.2. The van der Waals surface area contributed by atoms with Gasteiger partial charge in [0.1, 0.15) is 0 Å². The first-order valence-corrected chi connectivity index (χ1v) is 7.09. The zero-order chi connectivity index (χ0) is 11.7. The minimum Gasteiger partial charge on any atom is -0.311 e. The molecule has 1 N–H and O–H groups in total. The molecule has 4 unspecified atom stereocenters. The molecule has 2 nitrogen and oxygen atoms in total. The molecule has 1 heterocycles.